The van der Waals surface area contributed by atoms with Crippen molar-refractivity contribution in [2.45, 2.75) is 0 Å². The summed E-state index contributed by atoms with van der Waals surface area (Å²) < 4.78 is 23.3. The van der Waals surface area contributed by atoms with Crippen LogP contribution in [0.5, 0.6) is 5.88 Å². The lowest BCUT2D eigenvalue weighted by Crippen LogP contribution is -2.41. The average Bonchev–Trinajstić information content (AvgIpc) is 3.06. The Kier molecular flexibility index (Phi) is 11.8. The number of carbonyl (C=O) groups excluding carboxylic acids is 2. The topological polar surface area (TPSA) is 79.7 Å². The van der Waals surface area contributed by atoms with Gasteiger partial charge in [0.05, 0.1) is 30.8 Å². The summed E-state index contributed by atoms with van der Waals surface area (Å²) in [7, 11) is 5.35. The molecule has 1 aliphatic rings. The van der Waals surface area contributed by atoms with Gasteiger partial charge in [-0.25, -0.2) is 13.7 Å². The summed E-state index contributed by atoms with van der Waals surface area (Å²) in [5.74, 6) is 0.0318. The fraction of sp³-hybridized carbons (Fsp3) is 0.421. The van der Waals surface area contributed by atoms with Crippen LogP contribution < -0.4 is 10.1 Å². The first-order chi connectivity index (χ1) is 14.0. The highest BCUT2D eigenvalue weighted by Gasteiger charge is 2.19. The second-order valence-electron chi connectivity index (χ2n) is 5.93. The van der Waals surface area contributed by atoms with Crippen molar-refractivity contribution in [2.24, 2.45) is 0 Å². The molecule has 3 rings (SSSR count). The number of hydrogen-bond donors (Lipinski definition) is 1. The van der Waals surface area contributed by atoms with Crippen molar-refractivity contribution < 1.29 is 18.7 Å². The Morgan fingerprint density at radius 1 is 1.34 bits per heavy atom. The van der Waals surface area contributed by atoms with E-state index in [1.165, 1.54) is 31.5 Å². The van der Waals surface area contributed by atoms with E-state index in [4.69, 9.17) is 9.53 Å². The van der Waals surface area contributed by atoms with Gasteiger partial charge in [0.2, 0.25) is 5.88 Å². The first-order valence-corrected chi connectivity index (χ1v) is 9.71. The van der Waals surface area contributed by atoms with Crippen LogP contribution in [-0.4, -0.2) is 84.7 Å². The van der Waals surface area contributed by atoms with Crippen LogP contribution >= 0.6 is 12.1 Å². The second-order valence-corrected chi connectivity index (χ2v) is 7.00. The molecule has 0 saturated carbocycles. The number of aromatic nitrogens is 2. The number of pyridine rings is 1. The van der Waals surface area contributed by atoms with Gasteiger partial charge < -0.3 is 19.7 Å². The van der Waals surface area contributed by atoms with Gasteiger partial charge in [0.25, 0.3) is 0 Å². The quantitative estimate of drug-likeness (QED) is 0.425. The van der Waals surface area contributed by atoms with Crippen LogP contribution in [0, 0.1) is 5.82 Å². The molecule has 29 heavy (non-hydrogen) atoms. The van der Waals surface area contributed by atoms with E-state index in [1.54, 1.807) is 13.2 Å². The summed E-state index contributed by atoms with van der Waals surface area (Å²) in [4.78, 5) is 24.7. The van der Waals surface area contributed by atoms with Gasteiger partial charge in [-0.2, -0.15) is 0 Å². The van der Waals surface area contributed by atoms with E-state index in [0.717, 1.165) is 38.0 Å². The maximum absolute atomic E-state index is 14.1. The molecule has 3 heterocycles. The summed E-state index contributed by atoms with van der Waals surface area (Å²) in [6.07, 6.45) is 5.79. The minimum atomic E-state index is -0.299. The number of allylic oxidation sites excluding steroid dienone is 1. The summed E-state index contributed by atoms with van der Waals surface area (Å²) in [6.45, 7) is 7.55. The van der Waals surface area contributed by atoms with E-state index < -0.39 is 0 Å². The number of rotatable bonds is 6. The number of nitrogens with zero attached hydrogens (tertiary/aromatic N) is 4. The maximum Gasteiger partial charge on any atom is 0.225 e. The standard InChI is InChI=1S/C13H17FN4OS.C3H7NO.C3H4O/c1-16-5-7-17(8-6-16)20-18-9-10(14)12-11(18)3-4-15-13(12)19-2;1-4-2-3-5;1-2-3-4/h3-4,9H,5-8H2,1-2H3;3-4H,2H2,1H3;2-3H,1H2. The second kappa shape index (κ2) is 13.8. The van der Waals surface area contributed by atoms with Crippen LogP contribution in [0.4, 0.5) is 4.39 Å². The van der Waals surface area contributed by atoms with Crippen molar-refractivity contribution in [2.75, 3.05) is 53.9 Å². The third-order valence-electron chi connectivity index (χ3n) is 3.84. The Morgan fingerprint density at radius 3 is 2.48 bits per heavy atom. The molecule has 1 aliphatic heterocycles. The van der Waals surface area contributed by atoms with Gasteiger partial charge in [0.1, 0.15) is 12.6 Å². The van der Waals surface area contributed by atoms with Gasteiger partial charge in [0.15, 0.2) is 5.82 Å². The molecule has 1 fully saturated rings. The highest BCUT2D eigenvalue weighted by Crippen LogP contribution is 2.31. The SMILES string of the molecule is C=CC=O.CNCC=O.COc1nccc2c1c(F)cn2SN1CCN(C)CC1. The highest BCUT2D eigenvalue weighted by molar-refractivity contribution is 7.95. The summed E-state index contributed by atoms with van der Waals surface area (Å²) in [6, 6.07) is 1.81. The van der Waals surface area contributed by atoms with Crippen LogP contribution in [0.1, 0.15) is 0 Å². The van der Waals surface area contributed by atoms with E-state index in [0.29, 0.717) is 24.1 Å². The molecular formula is C19H28FN5O3S. The molecule has 2 aromatic heterocycles. The van der Waals surface area contributed by atoms with Crippen LogP contribution in [0.3, 0.4) is 0 Å². The van der Waals surface area contributed by atoms with Gasteiger partial charge in [-0.15, -0.1) is 0 Å². The minimum absolute atomic E-state index is 0.299. The van der Waals surface area contributed by atoms with E-state index >= 15 is 0 Å². The molecule has 0 aromatic carbocycles. The molecule has 0 amide bonds. The van der Waals surface area contributed by atoms with Crippen molar-refractivity contribution in [1.29, 1.82) is 0 Å². The Balaban J connectivity index is 0.000000396. The van der Waals surface area contributed by atoms with Crippen molar-refractivity contribution in [3.05, 3.63) is 36.9 Å². The molecule has 0 spiro atoms. The smallest absolute Gasteiger partial charge is 0.225 e. The zero-order valence-corrected chi connectivity index (χ0v) is 17.8. The molecular weight excluding hydrogens is 397 g/mol. The predicted octanol–water partition coefficient (Wildman–Crippen LogP) is 1.62. The normalized spacial score (nSPS) is 14.2. The number of piperazine rings is 1. The van der Waals surface area contributed by atoms with Crippen molar-refractivity contribution >= 4 is 35.6 Å². The molecule has 8 nitrogen and oxygen atoms in total. The Labute approximate surface area is 175 Å². The molecule has 1 N–H and O–H groups in total. The molecule has 10 heteroatoms. The zero-order valence-electron chi connectivity index (χ0n) is 17.0. The molecule has 2 aromatic rings. The average molecular weight is 426 g/mol. The number of ether oxygens (including phenoxy) is 1. The maximum atomic E-state index is 14.1. The molecule has 0 atom stereocenters. The molecule has 0 radical (unpaired) electrons. The van der Waals surface area contributed by atoms with Crippen LogP contribution in [0.25, 0.3) is 10.9 Å². The summed E-state index contributed by atoms with van der Waals surface area (Å²) in [5, 5.41) is 3.09. The fourth-order valence-corrected chi connectivity index (χ4v) is 3.33. The van der Waals surface area contributed by atoms with E-state index in [1.807, 2.05) is 10.0 Å². The number of carbonyl (C=O) groups is 2. The number of fused-ring (bicyclic) bond motifs is 1. The van der Waals surface area contributed by atoms with Crippen molar-refractivity contribution in [3.8, 4) is 5.88 Å². The summed E-state index contributed by atoms with van der Waals surface area (Å²) >= 11 is 1.54. The van der Waals surface area contributed by atoms with Gasteiger partial charge in [-0.3, -0.25) is 8.77 Å². The molecule has 1 saturated heterocycles. The van der Waals surface area contributed by atoms with Crippen LogP contribution in [0.15, 0.2) is 31.1 Å². The van der Waals surface area contributed by atoms with Gasteiger partial charge in [0, 0.05) is 44.5 Å². The van der Waals surface area contributed by atoms with Gasteiger partial charge >= 0.3 is 0 Å². The lowest BCUT2D eigenvalue weighted by molar-refractivity contribution is -0.107. The van der Waals surface area contributed by atoms with E-state index in [-0.39, 0.29) is 5.82 Å². The van der Waals surface area contributed by atoms with E-state index in [9.17, 15) is 9.18 Å². The number of halogens is 1. The minimum Gasteiger partial charge on any atom is -0.480 e. The number of methoxy groups -OCH3 is 1. The lowest BCUT2D eigenvalue weighted by atomic mass is 10.3. The molecule has 0 unspecified atom stereocenters. The number of hydrogen-bond acceptors (Lipinski definition) is 8. The Hall–Kier alpha value is -2.27. The molecule has 0 bridgehead atoms. The van der Waals surface area contributed by atoms with Crippen LogP contribution in [0.2, 0.25) is 0 Å². The zero-order chi connectivity index (χ0) is 21.6. The summed E-state index contributed by atoms with van der Waals surface area (Å²) in [5.41, 5.74) is 0.790. The first kappa shape index (κ1) is 24.8. The monoisotopic (exact) mass is 425 g/mol. The van der Waals surface area contributed by atoms with E-state index in [2.05, 4.69) is 33.1 Å². The highest BCUT2D eigenvalue weighted by atomic mass is 32.2. The van der Waals surface area contributed by atoms with Crippen LogP contribution in [-0.2, 0) is 9.59 Å². The number of likely N-dealkylation sites (N-methyl/N-ethyl adjacent to an activating group) is 2. The molecule has 160 valence electrons. The molecule has 0 aliphatic carbocycles. The lowest BCUT2D eigenvalue weighted by Gasteiger charge is -2.31. The van der Waals surface area contributed by atoms with Gasteiger partial charge in [-0.1, -0.05) is 6.58 Å². The number of aldehydes is 2. The third kappa shape index (κ3) is 7.94. The Bertz CT molecular complexity index is 773. The van der Waals surface area contributed by atoms with Gasteiger partial charge in [-0.05, 0) is 26.2 Å². The van der Waals surface area contributed by atoms with Crippen molar-refractivity contribution in [1.82, 2.24) is 23.5 Å². The fourth-order valence-electron chi connectivity index (χ4n) is 2.38. The largest absolute Gasteiger partial charge is 0.480 e. The van der Waals surface area contributed by atoms with Crippen molar-refractivity contribution in [3.63, 3.8) is 0 Å². The predicted molar refractivity (Wildman–Crippen MR) is 115 cm³/mol. The third-order valence-corrected chi connectivity index (χ3v) is 4.92. The Morgan fingerprint density at radius 2 is 2.00 bits per heavy atom. The first-order valence-electron chi connectivity index (χ1n) is 8.98. The number of nitrogens with one attached hydrogen (secondary N) is 1.